The van der Waals surface area contributed by atoms with Crippen LogP contribution in [0.25, 0.3) is 0 Å². The minimum absolute atomic E-state index is 0.209. The predicted octanol–water partition coefficient (Wildman–Crippen LogP) is 4.28. The lowest BCUT2D eigenvalue weighted by Gasteiger charge is -2.43. The Hall–Kier alpha value is -1.23. The van der Waals surface area contributed by atoms with Gasteiger partial charge in [-0.3, -0.25) is 9.48 Å². The summed E-state index contributed by atoms with van der Waals surface area (Å²) in [4.78, 5) is 12.6. The molecule has 0 spiro atoms. The van der Waals surface area contributed by atoms with Crippen molar-refractivity contribution in [1.29, 1.82) is 0 Å². The number of nitrogens with zero attached hydrogens (tertiary/aromatic N) is 2. The molecule has 1 amide bonds. The summed E-state index contributed by atoms with van der Waals surface area (Å²) in [5.74, 6) is -0.209. The predicted molar refractivity (Wildman–Crippen MR) is 92.4 cm³/mol. The van der Waals surface area contributed by atoms with E-state index in [2.05, 4.69) is 10.4 Å². The zero-order chi connectivity index (χ0) is 16.6. The molecule has 3 rings (SSSR count). The Kier molecular flexibility index (Phi) is 4.59. The number of halogens is 3. The molecule has 1 saturated carbocycles. The van der Waals surface area contributed by atoms with Gasteiger partial charge in [0.15, 0.2) is 0 Å². The first-order valence-electron chi connectivity index (χ1n) is 7.34. The SMILES string of the molecule is Cn1ncc(Cl)c1C(=O)NC1(Cc2ccc(Cl)cc2Cl)CCC1. The van der Waals surface area contributed by atoms with Crippen molar-refractivity contribution in [3.05, 3.63) is 50.7 Å². The largest absolute Gasteiger partial charge is 0.345 e. The Morgan fingerprint density at radius 2 is 2.04 bits per heavy atom. The summed E-state index contributed by atoms with van der Waals surface area (Å²) in [5.41, 5.74) is 1.06. The molecule has 2 aromatic rings. The number of nitrogens with one attached hydrogen (secondary N) is 1. The van der Waals surface area contributed by atoms with Crippen molar-refractivity contribution in [2.45, 2.75) is 31.2 Å². The number of carbonyl (C=O) groups is 1. The van der Waals surface area contributed by atoms with Gasteiger partial charge in [-0.15, -0.1) is 0 Å². The average Bonchev–Trinajstić information content (AvgIpc) is 2.78. The number of hydrogen-bond donors (Lipinski definition) is 1. The van der Waals surface area contributed by atoms with E-state index in [4.69, 9.17) is 34.8 Å². The summed E-state index contributed by atoms with van der Waals surface area (Å²) in [7, 11) is 1.70. The van der Waals surface area contributed by atoms with Gasteiger partial charge in [-0.2, -0.15) is 5.10 Å². The Balaban J connectivity index is 1.80. The number of carbonyl (C=O) groups excluding carboxylic acids is 1. The van der Waals surface area contributed by atoms with Crippen molar-refractivity contribution in [2.24, 2.45) is 7.05 Å². The van der Waals surface area contributed by atoms with Crippen LogP contribution in [-0.4, -0.2) is 21.2 Å². The van der Waals surface area contributed by atoms with Crippen molar-refractivity contribution in [1.82, 2.24) is 15.1 Å². The molecule has 7 heteroatoms. The second-order valence-corrected chi connectivity index (χ2v) is 7.22. The number of benzene rings is 1. The summed E-state index contributed by atoms with van der Waals surface area (Å²) in [6.07, 6.45) is 5.04. The first kappa shape index (κ1) is 16.6. The van der Waals surface area contributed by atoms with Crippen LogP contribution in [0.15, 0.2) is 24.4 Å². The van der Waals surface area contributed by atoms with Crippen LogP contribution in [0.1, 0.15) is 35.3 Å². The molecule has 0 radical (unpaired) electrons. The molecular weight excluding hydrogens is 357 g/mol. The number of hydrogen-bond acceptors (Lipinski definition) is 2. The fourth-order valence-corrected chi connectivity index (χ4v) is 3.67. The maximum Gasteiger partial charge on any atom is 0.271 e. The third-order valence-electron chi connectivity index (χ3n) is 4.34. The Morgan fingerprint density at radius 1 is 1.30 bits per heavy atom. The van der Waals surface area contributed by atoms with E-state index < -0.39 is 0 Å². The van der Waals surface area contributed by atoms with Crippen LogP contribution >= 0.6 is 34.8 Å². The van der Waals surface area contributed by atoms with Crippen molar-refractivity contribution in [3.8, 4) is 0 Å². The molecule has 1 aromatic heterocycles. The zero-order valence-electron chi connectivity index (χ0n) is 12.6. The third kappa shape index (κ3) is 3.35. The highest BCUT2D eigenvalue weighted by Crippen LogP contribution is 2.37. The molecule has 1 heterocycles. The lowest BCUT2D eigenvalue weighted by Crippen LogP contribution is -2.55. The van der Waals surface area contributed by atoms with E-state index >= 15 is 0 Å². The summed E-state index contributed by atoms with van der Waals surface area (Å²) in [5, 5.41) is 8.71. The van der Waals surface area contributed by atoms with Crippen molar-refractivity contribution in [3.63, 3.8) is 0 Å². The molecule has 23 heavy (non-hydrogen) atoms. The molecule has 1 N–H and O–H groups in total. The summed E-state index contributed by atoms with van der Waals surface area (Å²) < 4.78 is 1.49. The van der Waals surface area contributed by atoms with Gasteiger partial charge in [0.2, 0.25) is 0 Å². The molecule has 0 saturated heterocycles. The Labute approximate surface area is 149 Å². The highest BCUT2D eigenvalue weighted by atomic mass is 35.5. The Bertz CT molecular complexity index is 734. The maximum absolute atomic E-state index is 12.6. The zero-order valence-corrected chi connectivity index (χ0v) is 14.8. The number of rotatable bonds is 4. The molecule has 1 aromatic carbocycles. The van der Waals surface area contributed by atoms with E-state index in [0.717, 1.165) is 24.8 Å². The molecule has 1 aliphatic carbocycles. The van der Waals surface area contributed by atoms with E-state index in [1.54, 1.807) is 13.1 Å². The van der Waals surface area contributed by atoms with Gasteiger partial charge in [0, 0.05) is 22.6 Å². The summed E-state index contributed by atoms with van der Waals surface area (Å²) in [6.45, 7) is 0. The van der Waals surface area contributed by atoms with Crippen LogP contribution < -0.4 is 5.32 Å². The third-order valence-corrected chi connectivity index (χ3v) is 5.21. The monoisotopic (exact) mass is 371 g/mol. The molecule has 0 aliphatic heterocycles. The topological polar surface area (TPSA) is 46.9 Å². The van der Waals surface area contributed by atoms with Crippen LogP contribution in [0.2, 0.25) is 15.1 Å². The lowest BCUT2D eigenvalue weighted by atomic mass is 9.72. The fourth-order valence-electron chi connectivity index (χ4n) is 2.95. The molecule has 122 valence electrons. The molecular formula is C16H16Cl3N3O. The highest BCUT2D eigenvalue weighted by molar-refractivity contribution is 6.35. The van der Waals surface area contributed by atoms with Crippen LogP contribution in [0.3, 0.4) is 0 Å². The quantitative estimate of drug-likeness (QED) is 0.871. The van der Waals surface area contributed by atoms with Gasteiger partial charge in [-0.25, -0.2) is 0 Å². The number of aromatic nitrogens is 2. The molecule has 0 unspecified atom stereocenters. The van der Waals surface area contributed by atoms with Crippen molar-refractivity contribution in [2.75, 3.05) is 0 Å². The smallest absolute Gasteiger partial charge is 0.271 e. The van der Waals surface area contributed by atoms with Gasteiger partial charge in [0.25, 0.3) is 5.91 Å². The fraction of sp³-hybridized carbons (Fsp3) is 0.375. The van der Waals surface area contributed by atoms with Crippen LogP contribution in [0, 0.1) is 0 Å². The van der Waals surface area contributed by atoms with Gasteiger partial charge in [0.1, 0.15) is 5.69 Å². The second kappa shape index (κ2) is 6.34. The van der Waals surface area contributed by atoms with Crippen LogP contribution in [-0.2, 0) is 13.5 Å². The first-order chi connectivity index (χ1) is 10.9. The van der Waals surface area contributed by atoms with Crippen LogP contribution in [0.5, 0.6) is 0 Å². The van der Waals surface area contributed by atoms with Gasteiger partial charge in [0.05, 0.1) is 11.2 Å². The summed E-state index contributed by atoms with van der Waals surface area (Å²) in [6, 6.07) is 5.45. The normalized spacial score (nSPS) is 16.0. The maximum atomic E-state index is 12.6. The molecule has 1 aliphatic rings. The molecule has 0 atom stereocenters. The number of amides is 1. The van der Waals surface area contributed by atoms with Gasteiger partial charge in [-0.1, -0.05) is 40.9 Å². The minimum atomic E-state index is -0.290. The molecule has 4 nitrogen and oxygen atoms in total. The van der Waals surface area contributed by atoms with E-state index in [1.807, 2.05) is 12.1 Å². The lowest BCUT2D eigenvalue weighted by molar-refractivity contribution is 0.0817. The second-order valence-electron chi connectivity index (χ2n) is 5.97. The first-order valence-corrected chi connectivity index (χ1v) is 8.47. The minimum Gasteiger partial charge on any atom is -0.345 e. The molecule has 1 fully saturated rings. The number of aryl methyl sites for hydroxylation is 1. The van der Waals surface area contributed by atoms with Gasteiger partial charge < -0.3 is 5.32 Å². The summed E-state index contributed by atoms with van der Waals surface area (Å²) >= 11 is 18.3. The standard InChI is InChI=1S/C16H16Cl3N3O/c1-22-14(13(19)9-20-22)15(23)21-16(5-2-6-16)8-10-3-4-11(17)7-12(10)18/h3-4,7,9H,2,5-6,8H2,1H3,(H,21,23). The van der Waals surface area contributed by atoms with Gasteiger partial charge >= 0.3 is 0 Å². The van der Waals surface area contributed by atoms with E-state index in [0.29, 0.717) is 27.2 Å². The highest BCUT2D eigenvalue weighted by Gasteiger charge is 2.39. The van der Waals surface area contributed by atoms with E-state index in [9.17, 15) is 4.79 Å². The Morgan fingerprint density at radius 3 is 2.57 bits per heavy atom. The van der Waals surface area contributed by atoms with E-state index in [1.165, 1.54) is 10.9 Å². The van der Waals surface area contributed by atoms with Gasteiger partial charge in [-0.05, 0) is 43.4 Å². The molecule has 0 bridgehead atoms. The van der Waals surface area contributed by atoms with Crippen LogP contribution in [0.4, 0.5) is 0 Å². The average molecular weight is 373 g/mol. The van der Waals surface area contributed by atoms with Crippen molar-refractivity contribution < 1.29 is 4.79 Å². The van der Waals surface area contributed by atoms with Crippen molar-refractivity contribution >= 4 is 40.7 Å². The van der Waals surface area contributed by atoms with E-state index in [-0.39, 0.29) is 11.4 Å².